The van der Waals surface area contributed by atoms with Gasteiger partial charge in [0.15, 0.2) is 0 Å². The van der Waals surface area contributed by atoms with Gasteiger partial charge in [0.1, 0.15) is 17.1 Å². The Bertz CT molecular complexity index is 1280. The molecule has 150 valence electrons. The minimum atomic E-state index is -0.227. The first kappa shape index (κ1) is 19.9. The van der Waals surface area contributed by atoms with Crippen LogP contribution >= 0.6 is 15.9 Å². The van der Waals surface area contributed by atoms with Crippen molar-refractivity contribution in [2.45, 2.75) is 6.92 Å². The minimum Gasteiger partial charge on any atom is -0.497 e. The van der Waals surface area contributed by atoms with Crippen LogP contribution in [0.3, 0.4) is 0 Å². The number of nitrogens with one attached hydrogen (secondary N) is 2. The second-order valence-corrected chi connectivity index (χ2v) is 7.75. The second kappa shape index (κ2) is 8.55. The Morgan fingerprint density at radius 2 is 1.73 bits per heavy atom. The number of carbonyl (C=O) groups excluding carboxylic acids is 1. The van der Waals surface area contributed by atoms with Gasteiger partial charge in [0.25, 0.3) is 0 Å². The Balaban J connectivity index is 1.77. The summed E-state index contributed by atoms with van der Waals surface area (Å²) < 4.78 is 12.3. The van der Waals surface area contributed by atoms with Crippen molar-refractivity contribution in [3.05, 3.63) is 93.8 Å². The lowest BCUT2D eigenvalue weighted by Crippen LogP contribution is -2.87. The van der Waals surface area contributed by atoms with Crippen molar-refractivity contribution < 1.29 is 19.0 Å². The zero-order valence-corrected chi connectivity index (χ0v) is 18.1. The molecule has 4 rings (SSSR count). The van der Waals surface area contributed by atoms with Gasteiger partial charge in [0, 0.05) is 15.6 Å². The van der Waals surface area contributed by atoms with Gasteiger partial charge < -0.3 is 9.15 Å². The highest BCUT2D eigenvalue weighted by Gasteiger charge is 2.12. The van der Waals surface area contributed by atoms with Crippen molar-refractivity contribution in [3.63, 3.8) is 0 Å². The van der Waals surface area contributed by atoms with Crippen LogP contribution in [0.15, 0.2) is 81.7 Å². The van der Waals surface area contributed by atoms with Crippen molar-refractivity contribution in [3.8, 4) is 17.1 Å². The fourth-order valence-electron chi connectivity index (χ4n) is 3.10. The third kappa shape index (κ3) is 4.28. The molecule has 0 aliphatic heterocycles. The van der Waals surface area contributed by atoms with E-state index in [4.69, 9.17) is 9.15 Å². The van der Waals surface area contributed by atoms with Crippen LogP contribution in [0.4, 0.5) is 0 Å². The van der Waals surface area contributed by atoms with Crippen molar-refractivity contribution in [1.82, 2.24) is 5.43 Å². The SMILES string of the molecule is COc1ccc(-c2c/c(=[NH+]/NC(=O)c3ccc(Br)cc3)c3cc(C)ccc3o2)cc1. The minimum absolute atomic E-state index is 0.227. The fourth-order valence-corrected chi connectivity index (χ4v) is 3.36. The monoisotopic (exact) mass is 463 g/mol. The first-order valence-electron chi connectivity index (χ1n) is 9.37. The molecule has 0 aliphatic rings. The lowest BCUT2D eigenvalue weighted by Gasteiger charge is -2.05. The number of benzene rings is 3. The highest BCUT2D eigenvalue weighted by Crippen LogP contribution is 2.24. The molecule has 0 bridgehead atoms. The van der Waals surface area contributed by atoms with E-state index in [1.165, 1.54) is 0 Å². The lowest BCUT2D eigenvalue weighted by atomic mass is 10.1. The molecular weight excluding hydrogens is 444 g/mol. The maximum Gasteiger partial charge on any atom is 0.304 e. The van der Waals surface area contributed by atoms with E-state index in [0.717, 1.165) is 32.1 Å². The summed E-state index contributed by atoms with van der Waals surface area (Å²) in [6.45, 7) is 2.01. The van der Waals surface area contributed by atoms with E-state index in [9.17, 15) is 4.79 Å². The number of hydrogen-bond acceptors (Lipinski definition) is 3. The molecule has 5 nitrogen and oxygen atoms in total. The smallest absolute Gasteiger partial charge is 0.304 e. The van der Waals surface area contributed by atoms with Crippen LogP contribution in [-0.2, 0) is 0 Å². The molecule has 3 aromatic carbocycles. The first-order valence-corrected chi connectivity index (χ1v) is 10.2. The third-order valence-electron chi connectivity index (χ3n) is 4.71. The molecule has 4 aromatic rings. The molecule has 0 saturated heterocycles. The molecule has 1 amide bonds. The topological polar surface area (TPSA) is 65.4 Å². The maximum atomic E-state index is 12.5. The molecule has 0 spiro atoms. The number of amides is 1. The van der Waals surface area contributed by atoms with Crippen molar-refractivity contribution in [1.29, 1.82) is 0 Å². The summed E-state index contributed by atoms with van der Waals surface area (Å²) in [5.41, 5.74) is 6.05. The second-order valence-electron chi connectivity index (χ2n) is 6.84. The molecule has 0 aliphatic carbocycles. The lowest BCUT2D eigenvalue weighted by molar-refractivity contribution is -0.548. The predicted octanol–water partition coefficient (Wildman–Crippen LogP) is 3.51. The third-order valence-corrected chi connectivity index (χ3v) is 5.24. The van der Waals surface area contributed by atoms with Crippen LogP contribution in [0.25, 0.3) is 22.3 Å². The van der Waals surface area contributed by atoms with Gasteiger partial charge in [-0.05, 0) is 67.6 Å². The summed E-state index contributed by atoms with van der Waals surface area (Å²) in [5.74, 6) is 1.22. The van der Waals surface area contributed by atoms with Gasteiger partial charge in [0.2, 0.25) is 5.36 Å². The molecule has 1 heterocycles. The van der Waals surface area contributed by atoms with E-state index in [0.29, 0.717) is 16.9 Å². The molecule has 1 aromatic heterocycles. The molecule has 6 heteroatoms. The van der Waals surface area contributed by atoms with Crippen LogP contribution in [-0.4, -0.2) is 13.0 Å². The molecule has 30 heavy (non-hydrogen) atoms. The van der Waals surface area contributed by atoms with E-state index in [1.807, 2.05) is 67.6 Å². The van der Waals surface area contributed by atoms with Crippen molar-refractivity contribution in [2.24, 2.45) is 0 Å². The van der Waals surface area contributed by atoms with Crippen LogP contribution in [0, 0.1) is 6.92 Å². The average molecular weight is 464 g/mol. The van der Waals surface area contributed by atoms with Crippen molar-refractivity contribution >= 4 is 32.8 Å². The van der Waals surface area contributed by atoms with Gasteiger partial charge in [-0.25, -0.2) is 0 Å². The highest BCUT2D eigenvalue weighted by molar-refractivity contribution is 9.10. The number of ether oxygens (including phenoxy) is 1. The summed E-state index contributed by atoms with van der Waals surface area (Å²) in [4.78, 5) is 12.5. The van der Waals surface area contributed by atoms with Crippen LogP contribution in [0.1, 0.15) is 15.9 Å². The summed E-state index contributed by atoms with van der Waals surface area (Å²) >= 11 is 3.38. The Kier molecular flexibility index (Phi) is 5.68. The first-order chi connectivity index (χ1) is 14.5. The Labute approximate surface area is 182 Å². The molecule has 2 N–H and O–H groups in total. The van der Waals surface area contributed by atoms with Crippen LogP contribution in [0.5, 0.6) is 5.75 Å². The number of rotatable bonds is 4. The number of methoxy groups -OCH3 is 1. The van der Waals surface area contributed by atoms with E-state index in [1.54, 1.807) is 19.2 Å². The number of aryl methyl sites for hydroxylation is 1. The molecule has 0 radical (unpaired) electrons. The quantitative estimate of drug-likeness (QED) is 0.455. The summed E-state index contributed by atoms with van der Waals surface area (Å²) in [6.07, 6.45) is 0. The fraction of sp³-hybridized carbons (Fsp3) is 0.0833. The maximum absolute atomic E-state index is 12.5. The zero-order chi connectivity index (χ0) is 21.1. The number of hydrogen-bond donors (Lipinski definition) is 2. The molecule has 0 fully saturated rings. The van der Waals surface area contributed by atoms with Crippen LogP contribution < -0.4 is 20.6 Å². The van der Waals surface area contributed by atoms with E-state index < -0.39 is 0 Å². The molecule has 0 unspecified atom stereocenters. The Morgan fingerprint density at radius 1 is 1.00 bits per heavy atom. The summed E-state index contributed by atoms with van der Waals surface area (Å²) in [5, 5.41) is 4.69. The van der Waals surface area contributed by atoms with Crippen molar-refractivity contribution in [2.75, 3.05) is 7.11 Å². The van der Waals surface area contributed by atoms with Gasteiger partial charge in [-0.3, -0.25) is 4.79 Å². The Morgan fingerprint density at radius 3 is 2.43 bits per heavy atom. The number of fused-ring (bicyclic) bond motifs is 1. The Hall–Kier alpha value is -3.38. The number of carbonyl (C=O) groups is 1. The van der Waals surface area contributed by atoms with Gasteiger partial charge in [-0.2, -0.15) is 0 Å². The molecule has 0 atom stereocenters. The van der Waals surface area contributed by atoms with Crippen LogP contribution in [0.2, 0.25) is 0 Å². The van der Waals surface area contributed by atoms with E-state index in [2.05, 4.69) is 26.5 Å². The highest BCUT2D eigenvalue weighted by atomic mass is 79.9. The molecule has 0 saturated carbocycles. The predicted molar refractivity (Wildman–Crippen MR) is 119 cm³/mol. The largest absolute Gasteiger partial charge is 0.497 e. The van der Waals surface area contributed by atoms with Gasteiger partial charge >= 0.3 is 5.91 Å². The van der Waals surface area contributed by atoms with Gasteiger partial charge in [-0.15, -0.1) is 10.5 Å². The zero-order valence-electron chi connectivity index (χ0n) is 16.5. The molecular formula is C24H20BrN2O3+. The average Bonchev–Trinajstić information content (AvgIpc) is 2.77. The normalized spacial score (nSPS) is 11.5. The number of hydrazine groups is 1. The standard InChI is InChI=1S/C24H19BrN2O3/c1-15-3-12-22-20(13-15)21(26-27-24(28)17-4-8-18(25)9-5-17)14-23(30-22)16-6-10-19(29-2)11-7-16/h3-14H,1-2H3,(H,27,28)/p+1/b26-21-. The van der Waals surface area contributed by atoms with Gasteiger partial charge in [0.05, 0.1) is 18.6 Å². The van der Waals surface area contributed by atoms with Gasteiger partial charge in [-0.1, -0.05) is 27.6 Å². The number of halogens is 1. The summed E-state index contributed by atoms with van der Waals surface area (Å²) in [7, 11) is 1.63. The summed E-state index contributed by atoms with van der Waals surface area (Å²) in [6, 6.07) is 22.6. The van der Waals surface area contributed by atoms with E-state index >= 15 is 0 Å². The van der Waals surface area contributed by atoms with E-state index in [-0.39, 0.29) is 5.91 Å².